The van der Waals surface area contributed by atoms with Crippen LogP contribution in [-0.2, 0) is 0 Å². The summed E-state index contributed by atoms with van der Waals surface area (Å²) in [5.74, 6) is 0. The van der Waals surface area contributed by atoms with Crippen molar-refractivity contribution in [3.63, 3.8) is 0 Å². The number of hydrogen-bond acceptors (Lipinski definition) is 3. The van der Waals surface area contributed by atoms with E-state index in [2.05, 4.69) is 5.11 Å². The van der Waals surface area contributed by atoms with Crippen LogP contribution in [0.2, 0.25) is 0 Å². The van der Waals surface area contributed by atoms with Crippen molar-refractivity contribution in [1.82, 2.24) is 0 Å². The molecule has 0 radical (unpaired) electrons. The molecule has 0 bridgehead atoms. The molecule has 3 nitrogen and oxygen atoms in total. The third-order valence-corrected chi connectivity index (χ3v) is 0.867. The predicted octanol–water partition coefficient (Wildman–Crippen LogP) is 1.71. The van der Waals surface area contributed by atoms with E-state index in [1.807, 2.05) is 13.0 Å². The summed E-state index contributed by atoms with van der Waals surface area (Å²) in [6, 6.07) is 1.50. The first-order valence-corrected chi connectivity index (χ1v) is 2.61. The smallest absolute Gasteiger partial charge is 0.157 e. The minimum atomic E-state index is -0.403. The Labute approximate surface area is 48.8 Å². The zero-order valence-corrected chi connectivity index (χ0v) is 4.89. The van der Waals surface area contributed by atoms with Crippen LogP contribution >= 0.6 is 0 Å². The van der Waals surface area contributed by atoms with Gasteiger partial charge in [-0.05, 0) is 6.42 Å². The molecule has 3 heteroatoms. The van der Waals surface area contributed by atoms with Crippen LogP contribution in [-0.4, -0.2) is 6.04 Å². The Morgan fingerprint density at radius 1 is 1.88 bits per heavy atom. The summed E-state index contributed by atoms with van der Waals surface area (Å²) in [4.78, 5) is 0. The van der Waals surface area contributed by atoms with E-state index < -0.39 is 6.04 Å². The molecule has 0 amide bonds. The molecule has 44 valence electrons. The van der Waals surface area contributed by atoms with E-state index in [-0.39, 0.29) is 0 Å². The summed E-state index contributed by atoms with van der Waals surface area (Å²) < 4.78 is 0. The molecule has 0 aliphatic rings. The number of nitrogens with one attached hydrogen (secondary N) is 1. The molecule has 0 spiro atoms. The molecule has 8 heavy (non-hydrogen) atoms. The predicted molar refractivity (Wildman–Crippen MR) is 29.5 cm³/mol. The fourth-order valence-electron chi connectivity index (χ4n) is 0.431. The molecule has 0 rings (SSSR count). The Balaban J connectivity index is 3.40. The maximum atomic E-state index is 8.19. The van der Waals surface area contributed by atoms with Gasteiger partial charge in [0.15, 0.2) is 6.04 Å². The van der Waals surface area contributed by atoms with Crippen LogP contribution in [0.5, 0.6) is 0 Å². The van der Waals surface area contributed by atoms with E-state index in [0.717, 1.165) is 6.42 Å². The quantitative estimate of drug-likeness (QED) is 0.553. The lowest BCUT2D eigenvalue weighted by Crippen LogP contribution is -1.96. The average Bonchev–Trinajstić information content (AvgIpc) is 1.83. The molecule has 0 heterocycles. The molecular formula is C5H9N3. The molecule has 1 N–H and O–H groups in total. The van der Waals surface area contributed by atoms with Crippen LogP contribution in [0, 0.1) is 16.9 Å². The maximum absolute atomic E-state index is 8.19. The fraction of sp³-hybridized carbons (Fsp3) is 0.800. The van der Waals surface area contributed by atoms with Crippen molar-refractivity contribution in [2.24, 2.45) is 5.11 Å². The van der Waals surface area contributed by atoms with Crippen molar-refractivity contribution in [3.8, 4) is 6.07 Å². The van der Waals surface area contributed by atoms with Gasteiger partial charge in [0.1, 0.15) is 0 Å². The first-order valence-electron chi connectivity index (χ1n) is 2.61. The van der Waals surface area contributed by atoms with Crippen LogP contribution in [0.1, 0.15) is 19.8 Å². The van der Waals surface area contributed by atoms with Gasteiger partial charge < -0.3 is 0 Å². The fourth-order valence-corrected chi connectivity index (χ4v) is 0.431. The van der Waals surface area contributed by atoms with Crippen LogP contribution < -0.4 is 0 Å². The lowest BCUT2D eigenvalue weighted by Gasteiger charge is -1.93. The van der Waals surface area contributed by atoms with Crippen molar-refractivity contribution in [1.29, 1.82) is 10.8 Å². The second kappa shape index (κ2) is 4.25. The molecule has 0 aromatic heterocycles. The highest BCUT2D eigenvalue weighted by Gasteiger charge is 1.99. The van der Waals surface area contributed by atoms with Crippen molar-refractivity contribution >= 4 is 0 Å². The van der Waals surface area contributed by atoms with E-state index in [1.54, 1.807) is 0 Å². The van der Waals surface area contributed by atoms with Crippen LogP contribution in [0.4, 0.5) is 0 Å². The number of nitrogens with zero attached hydrogens (tertiary/aromatic N) is 2. The van der Waals surface area contributed by atoms with Gasteiger partial charge in [0, 0.05) is 0 Å². The molecule has 0 aliphatic carbocycles. The second-order valence-electron chi connectivity index (χ2n) is 1.56. The average molecular weight is 111 g/mol. The van der Waals surface area contributed by atoms with Gasteiger partial charge in [-0.2, -0.15) is 10.4 Å². The standard InChI is InChI=1S/C5H9N3/c1-2-3-5(4-6)8-7/h5,7H,2-3H2,1H3. The lowest BCUT2D eigenvalue weighted by atomic mass is 10.2. The minimum Gasteiger partial charge on any atom is -0.208 e. The van der Waals surface area contributed by atoms with Gasteiger partial charge in [-0.15, -0.1) is 0 Å². The summed E-state index contributed by atoms with van der Waals surface area (Å²) in [5, 5.41) is 11.3. The summed E-state index contributed by atoms with van der Waals surface area (Å²) in [6.45, 7) is 1.97. The van der Waals surface area contributed by atoms with Crippen molar-refractivity contribution in [3.05, 3.63) is 0 Å². The summed E-state index contributed by atoms with van der Waals surface area (Å²) in [6.07, 6.45) is 1.63. The molecule has 1 unspecified atom stereocenters. The Hall–Kier alpha value is -0.910. The van der Waals surface area contributed by atoms with Gasteiger partial charge in [-0.1, -0.05) is 13.3 Å². The van der Waals surface area contributed by atoms with Gasteiger partial charge >= 0.3 is 0 Å². The van der Waals surface area contributed by atoms with Crippen molar-refractivity contribution in [2.75, 3.05) is 0 Å². The second-order valence-corrected chi connectivity index (χ2v) is 1.56. The van der Waals surface area contributed by atoms with Gasteiger partial charge in [-0.3, -0.25) is 0 Å². The normalized spacial score (nSPS) is 12.0. The highest BCUT2D eigenvalue weighted by Crippen LogP contribution is 1.97. The largest absolute Gasteiger partial charge is 0.208 e. The van der Waals surface area contributed by atoms with E-state index >= 15 is 0 Å². The summed E-state index contributed by atoms with van der Waals surface area (Å²) in [7, 11) is 0. The van der Waals surface area contributed by atoms with Gasteiger partial charge in [0.2, 0.25) is 0 Å². The Bertz CT molecular complexity index is 103. The molecular weight excluding hydrogens is 102 g/mol. The molecule has 0 saturated carbocycles. The van der Waals surface area contributed by atoms with Crippen molar-refractivity contribution in [2.45, 2.75) is 25.8 Å². The zero-order chi connectivity index (χ0) is 6.41. The number of rotatable bonds is 3. The molecule has 0 saturated heterocycles. The maximum Gasteiger partial charge on any atom is 0.157 e. The Morgan fingerprint density at radius 2 is 2.50 bits per heavy atom. The van der Waals surface area contributed by atoms with Gasteiger partial charge in [0.05, 0.1) is 6.07 Å². The molecule has 0 aliphatic heterocycles. The monoisotopic (exact) mass is 111 g/mol. The molecule has 0 aromatic rings. The van der Waals surface area contributed by atoms with E-state index in [9.17, 15) is 0 Å². The topological polar surface area (TPSA) is 60.0 Å². The highest BCUT2D eigenvalue weighted by molar-refractivity contribution is 4.87. The first-order chi connectivity index (χ1) is 3.85. The van der Waals surface area contributed by atoms with Crippen LogP contribution in [0.15, 0.2) is 5.11 Å². The van der Waals surface area contributed by atoms with Gasteiger partial charge in [-0.25, -0.2) is 5.53 Å². The van der Waals surface area contributed by atoms with E-state index in [4.69, 9.17) is 10.8 Å². The Kier molecular flexibility index (Phi) is 3.77. The lowest BCUT2D eigenvalue weighted by molar-refractivity contribution is 0.671. The number of nitriles is 1. The van der Waals surface area contributed by atoms with Crippen molar-refractivity contribution < 1.29 is 0 Å². The molecule has 0 aromatic carbocycles. The number of hydrogen-bond donors (Lipinski definition) is 1. The molecule has 1 atom stereocenters. The third-order valence-electron chi connectivity index (χ3n) is 0.867. The van der Waals surface area contributed by atoms with Crippen LogP contribution in [0.3, 0.4) is 0 Å². The van der Waals surface area contributed by atoms with Gasteiger partial charge in [0.25, 0.3) is 0 Å². The Morgan fingerprint density at radius 3 is 2.62 bits per heavy atom. The summed E-state index contributed by atoms with van der Waals surface area (Å²) >= 11 is 0. The van der Waals surface area contributed by atoms with E-state index in [0.29, 0.717) is 6.42 Å². The summed E-state index contributed by atoms with van der Waals surface area (Å²) in [5.41, 5.74) is 6.47. The first kappa shape index (κ1) is 7.09. The molecule has 0 fully saturated rings. The van der Waals surface area contributed by atoms with Crippen LogP contribution in [0.25, 0.3) is 0 Å². The minimum absolute atomic E-state index is 0.403. The third kappa shape index (κ3) is 2.30. The van der Waals surface area contributed by atoms with E-state index in [1.165, 1.54) is 0 Å². The highest BCUT2D eigenvalue weighted by atomic mass is 15.0. The SMILES string of the molecule is CCCC(C#N)N=N. The zero-order valence-electron chi connectivity index (χ0n) is 4.89.